The highest BCUT2D eigenvalue weighted by Crippen LogP contribution is 2.38. The van der Waals surface area contributed by atoms with Crippen molar-refractivity contribution in [2.45, 2.75) is 19.8 Å². The van der Waals surface area contributed by atoms with E-state index in [0.717, 1.165) is 35.5 Å². The van der Waals surface area contributed by atoms with Crippen molar-refractivity contribution in [2.75, 3.05) is 36.5 Å². The van der Waals surface area contributed by atoms with E-state index in [1.54, 1.807) is 12.1 Å². The summed E-state index contributed by atoms with van der Waals surface area (Å²) < 4.78 is 5.48. The SMILES string of the molecule is Cc1cccc(N2CCOCC2)c1-c1ccccc1NC(=O)ON1C(=O)CCC1=O. The largest absolute Gasteiger partial charge is 0.436 e. The fourth-order valence-electron chi connectivity index (χ4n) is 3.75. The molecule has 2 aromatic carbocycles. The Kier molecular flexibility index (Phi) is 5.67. The minimum atomic E-state index is -0.882. The molecule has 2 aliphatic heterocycles. The number of morpholine rings is 1. The number of aryl methyl sites for hydroxylation is 1. The van der Waals surface area contributed by atoms with E-state index >= 15 is 0 Å². The highest BCUT2D eigenvalue weighted by Gasteiger charge is 2.33. The van der Waals surface area contributed by atoms with Crippen molar-refractivity contribution in [3.05, 3.63) is 48.0 Å². The third kappa shape index (κ3) is 3.99. The molecule has 0 aromatic heterocycles. The van der Waals surface area contributed by atoms with Crippen LogP contribution in [0.2, 0.25) is 0 Å². The molecule has 2 saturated heterocycles. The molecule has 2 fully saturated rings. The lowest BCUT2D eigenvalue weighted by Crippen LogP contribution is -2.36. The van der Waals surface area contributed by atoms with Gasteiger partial charge >= 0.3 is 6.09 Å². The van der Waals surface area contributed by atoms with Gasteiger partial charge in [-0.15, -0.1) is 5.06 Å². The number of para-hydroxylation sites is 1. The number of anilines is 2. The van der Waals surface area contributed by atoms with E-state index in [1.165, 1.54) is 0 Å². The lowest BCUT2D eigenvalue weighted by Gasteiger charge is -2.31. The van der Waals surface area contributed by atoms with Gasteiger partial charge in [0, 0.05) is 42.7 Å². The number of imide groups is 1. The number of ether oxygens (including phenoxy) is 1. The van der Waals surface area contributed by atoms with Crippen LogP contribution >= 0.6 is 0 Å². The van der Waals surface area contributed by atoms with E-state index in [2.05, 4.69) is 16.3 Å². The molecule has 0 aliphatic carbocycles. The second-order valence-corrected chi connectivity index (χ2v) is 7.20. The molecule has 4 rings (SSSR count). The van der Waals surface area contributed by atoms with E-state index in [4.69, 9.17) is 9.57 Å². The molecule has 2 heterocycles. The van der Waals surface area contributed by atoms with Crippen molar-refractivity contribution in [2.24, 2.45) is 0 Å². The molecule has 8 nitrogen and oxygen atoms in total. The van der Waals surface area contributed by atoms with Crippen molar-refractivity contribution in [3.8, 4) is 11.1 Å². The average Bonchev–Trinajstić information content (AvgIpc) is 3.07. The molecule has 2 aliphatic rings. The Labute approximate surface area is 174 Å². The summed E-state index contributed by atoms with van der Waals surface area (Å²) >= 11 is 0. The first kappa shape index (κ1) is 19.9. The van der Waals surface area contributed by atoms with Gasteiger partial charge in [0.2, 0.25) is 0 Å². The fourth-order valence-corrected chi connectivity index (χ4v) is 3.75. The Bertz CT molecular complexity index is 968. The summed E-state index contributed by atoms with van der Waals surface area (Å²) in [7, 11) is 0. The maximum atomic E-state index is 12.4. The zero-order chi connectivity index (χ0) is 21.1. The highest BCUT2D eigenvalue weighted by atomic mass is 16.7. The van der Waals surface area contributed by atoms with Crippen molar-refractivity contribution in [3.63, 3.8) is 0 Å². The number of amides is 3. The molecule has 3 amide bonds. The number of hydroxylamine groups is 2. The first-order chi connectivity index (χ1) is 14.5. The van der Waals surface area contributed by atoms with Gasteiger partial charge in [-0.05, 0) is 24.6 Å². The number of rotatable bonds is 4. The van der Waals surface area contributed by atoms with Gasteiger partial charge in [0.15, 0.2) is 0 Å². The number of carbonyl (C=O) groups excluding carboxylic acids is 3. The minimum absolute atomic E-state index is 0.0504. The normalized spacial score (nSPS) is 16.7. The van der Waals surface area contributed by atoms with E-state index in [1.807, 2.05) is 31.2 Å². The summed E-state index contributed by atoms with van der Waals surface area (Å²) in [5, 5.41) is 3.22. The quantitative estimate of drug-likeness (QED) is 0.781. The second-order valence-electron chi connectivity index (χ2n) is 7.20. The zero-order valence-electron chi connectivity index (χ0n) is 16.7. The van der Waals surface area contributed by atoms with Crippen molar-refractivity contribution < 1.29 is 24.0 Å². The standard InChI is InChI=1S/C22H23N3O5/c1-15-5-4-8-18(24-11-13-29-14-12-24)21(15)16-6-2-3-7-17(16)23-22(28)30-25-19(26)9-10-20(25)27/h2-8H,9-14H2,1H3,(H,23,28). The van der Waals surface area contributed by atoms with E-state index in [-0.39, 0.29) is 12.8 Å². The molecule has 0 radical (unpaired) electrons. The maximum absolute atomic E-state index is 12.4. The Morgan fingerprint density at radius 2 is 1.70 bits per heavy atom. The van der Waals surface area contributed by atoms with E-state index in [0.29, 0.717) is 24.0 Å². The lowest BCUT2D eigenvalue weighted by atomic mass is 9.96. The molecule has 30 heavy (non-hydrogen) atoms. The third-order valence-electron chi connectivity index (χ3n) is 5.22. The third-order valence-corrected chi connectivity index (χ3v) is 5.22. The number of carbonyl (C=O) groups is 3. The molecule has 156 valence electrons. The van der Waals surface area contributed by atoms with Crippen molar-refractivity contribution in [1.82, 2.24) is 5.06 Å². The molecule has 2 aromatic rings. The fraction of sp³-hybridized carbons (Fsp3) is 0.318. The van der Waals surface area contributed by atoms with Gasteiger partial charge in [0.05, 0.1) is 18.9 Å². The molecule has 0 bridgehead atoms. The summed E-state index contributed by atoms with van der Waals surface area (Å²) in [5.41, 5.74) is 4.49. The van der Waals surface area contributed by atoms with Gasteiger partial charge < -0.3 is 14.5 Å². The molecule has 8 heteroatoms. The summed E-state index contributed by atoms with van der Waals surface area (Å²) in [6.07, 6.45) is -0.781. The molecule has 0 unspecified atom stereocenters. The van der Waals surface area contributed by atoms with Crippen LogP contribution in [0.25, 0.3) is 11.1 Å². The first-order valence-electron chi connectivity index (χ1n) is 9.91. The van der Waals surface area contributed by atoms with E-state index < -0.39 is 17.9 Å². The van der Waals surface area contributed by atoms with Gasteiger partial charge in [0.1, 0.15) is 0 Å². The molecule has 0 atom stereocenters. The van der Waals surface area contributed by atoms with Crippen LogP contribution in [-0.4, -0.2) is 49.3 Å². The highest BCUT2D eigenvalue weighted by molar-refractivity contribution is 6.02. The van der Waals surface area contributed by atoms with E-state index in [9.17, 15) is 14.4 Å². The molecular formula is C22H23N3O5. The summed E-state index contributed by atoms with van der Waals surface area (Å²) in [6, 6.07) is 13.5. The van der Waals surface area contributed by atoms with Gasteiger partial charge in [-0.3, -0.25) is 14.9 Å². The second kappa shape index (κ2) is 8.54. The first-order valence-corrected chi connectivity index (χ1v) is 9.91. The molecular weight excluding hydrogens is 386 g/mol. The van der Waals surface area contributed by atoms with Crippen molar-refractivity contribution >= 4 is 29.3 Å². The van der Waals surface area contributed by atoms with Crippen LogP contribution in [0.5, 0.6) is 0 Å². The van der Waals surface area contributed by atoms with Crippen LogP contribution < -0.4 is 10.2 Å². The van der Waals surface area contributed by atoms with Gasteiger partial charge in [-0.2, -0.15) is 0 Å². The lowest BCUT2D eigenvalue weighted by molar-refractivity contribution is -0.170. The van der Waals surface area contributed by atoms with Crippen LogP contribution in [0.3, 0.4) is 0 Å². The number of nitrogens with zero attached hydrogens (tertiary/aromatic N) is 2. The summed E-state index contributed by atoms with van der Waals surface area (Å²) in [4.78, 5) is 43.1. The monoisotopic (exact) mass is 409 g/mol. The molecule has 1 N–H and O–H groups in total. The number of nitrogens with one attached hydrogen (secondary N) is 1. The average molecular weight is 409 g/mol. The Hall–Kier alpha value is -3.39. The number of hydrogen-bond acceptors (Lipinski definition) is 6. The Morgan fingerprint density at radius 3 is 2.43 bits per heavy atom. The Morgan fingerprint density at radius 1 is 1.00 bits per heavy atom. The molecule has 0 saturated carbocycles. The van der Waals surface area contributed by atoms with Crippen LogP contribution in [-0.2, 0) is 19.2 Å². The number of benzene rings is 2. The smallest absolute Gasteiger partial charge is 0.378 e. The maximum Gasteiger partial charge on any atom is 0.436 e. The zero-order valence-corrected chi connectivity index (χ0v) is 16.7. The summed E-state index contributed by atoms with van der Waals surface area (Å²) in [6.45, 7) is 4.92. The van der Waals surface area contributed by atoms with Gasteiger partial charge in [0.25, 0.3) is 11.8 Å². The van der Waals surface area contributed by atoms with Gasteiger partial charge in [-0.1, -0.05) is 30.3 Å². The minimum Gasteiger partial charge on any atom is -0.378 e. The number of hydrogen-bond donors (Lipinski definition) is 1. The van der Waals surface area contributed by atoms with Crippen LogP contribution in [0.4, 0.5) is 16.2 Å². The molecule has 0 spiro atoms. The van der Waals surface area contributed by atoms with Gasteiger partial charge in [-0.25, -0.2) is 4.79 Å². The van der Waals surface area contributed by atoms with Crippen molar-refractivity contribution in [1.29, 1.82) is 0 Å². The van der Waals surface area contributed by atoms with Crippen LogP contribution in [0, 0.1) is 6.92 Å². The Balaban J connectivity index is 1.63. The van der Waals surface area contributed by atoms with Crippen LogP contribution in [0.1, 0.15) is 18.4 Å². The predicted molar refractivity (Wildman–Crippen MR) is 111 cm³/mol. The summed E-state index contributed by atoms with van der Waals surface area (Å²) in [5.74, 6) is -1.03. The topological polar surface area (TPSA) is 88.2 Å². The van der Waals surface area contributed by atoms with Crippen LogP contribution in [0.15, 0.2) is 42.5 Å². The predicted octanol–water partition coefficient (Wildman–Crippen LogP) is 3.11.